The van der Waals surface area contributed by atoms with E-state index in [-0.39, 0.29) is 11.9 Å². The van der Waals surface area contributed by atoms with Gasteiger partial charge in [0.05, 0.1) is 20.3 Å². The molecule has 1 aromatic carbocycles. The third kappa shape index (κ3) is 2.03. The van der Waals surface area contributed by atoms with Crippen LogP contribution in [-0.2, 0) is 11.2 Å². The van der Waals surface area contributed by atoms with Gasteiger partial charge in [-0.2, -0.15) is 0 Å². The number of rotatable bonds is 2. The number of benzene rings is 1. The Balaban J connectivity index is 2.45. The van der Waals surface area contributed by atoms with Gasteiger partial charge in [-0.1, -0.05) is 0 Å². The molecule has 1 aliphatic heterocycles. The van der Waals surface area contributed by atoms with E-state index in [0.29, 0.717) is 5.75 Å². The second-order valence-electron chi connectivity index (χ2n) is 4.54. The number of nitrogens with zero attached hydrogens (tertiary/aromatic N) is 1. The van der Waals surface area contributed by atoms with Crippen molar-refractivity contribution in [1.29, 1.82) is 0 Å². The molecule has 4 heteroatoms. The molecule has 0 unspecified atom stereocenters. The van der Waals surface area contributed by atoms with Crippen LogP contribution in [0.25, 0.3) is 0 Å². The van der Waals surface area contributed by atoms with Gasteiger partial charge >= 0.3 is 0 Å². The Morgan fingerprint density at radius 1 is 1.28 bits per heavy atom. The molecule has 0 N–H and O–H groups in total. The SMILES string of the molecule is COc1cc2c(cc1OC)[C@@H](C)N(C(C)=O)CC2. The summed E-state index contributed by atoms with van der Waals surface area (Å²) in [5.74, 6) is 1.58. The number of amides is 1. The second kappa shape index (κ2) is 4.88. The molecule has 0 aliphatic carbocycles. The number of hydrogen-bond donors (Lipinski definition) is 0. The molecule has 4 nitrogen and oxygen atoms in total. The zero-order valence-corrected chi connectivity index (χ0v) is 11.3. The fraction of sp³-hybridized carbons (Fsp3) is 0.500. The molecule has 1 atom stereocenters. The Labute approximate surface area is 107 Å². The van der Waals surface area contributed by atoms with Crippen molar-refractivity contribution in [3.05, 3.63) is 23.3 Å². The lowest BCUT2D eigenvalue weighted by molar-refractivity contribution is -0.131. The highest BCUT2D eigenvalue weighted by Crippen LogP contribution is 2.37. The molecule has 0 saturated heterocycles. The summed E-state index contributed by atoms with van der Waals surface area (Å²) in [7, 11) is 3.26. The third-order valence-electron chi connectivity index (χ3n) is 3.59. The Morgan fingerprint density at radius 2 is 1.89 bits per heavy atom. The lowest BCUT2D eigenvalue weighted by Gasteiger charge is -2.35. The maximum atomic E-state index is 11.6. The third-order valence-corrected chi connectivity index (χ3v) is 3.59. The number of hydrogen-bond acceptors (Lipinski definition) is 3. The first-order valence-electron chi connectivity index (χ1n) is 6.10. The summed E-state index contributed by atoms with van der Waals surface area (Å²) in [6, 6.07) is 4.09. The van der Waals surface area contributed by atoms with E-state index in [1.165, 1.54) is 5.56 Å². The number of methoxy groups -OCH3 is 2. The van der Waals surface area contributed by atoms with Crippen LogP contribution in [0, 0.1) is 0 Å². The highest BCUT2D eigenvalue weighted by Gasteiger charge is 2.27. The van der Waals surface area contributed by atoms with Gasteiger partial charge in [0.2, 0.25) is 5.91 Å². The molecule has 1 aliphatic rings. The van der Waals surface area contributed by atoms with Crippen LogP contribution in [-0.4, -0.2) is 31.6 Å². The van der Waals surface area contributed by atoms with Crippen molar-refractivity contribution in [3.8, 4) is 11.5 Å². The first-order valence-corrected chi connectivity index (χ1v) is 6.10. The lowest BCUT2D eigenvalue weighted by atomic mass is 9.93. The van der Waals surface area contributed by atoms with Crippen molar-refractivity contribution in [2.75, 3.05) is 20.8 Å². The fourth-order valence-corrected chi connectivity index (χ4v) is 2.57. The molecule has 0 spiro atoms. The van der Waals surface area contributed by atoms with Crippen LogP contribution < -0.4 is 9.47 Å². The summed E-state index contributed by atoms with van der Waals surface area (Å²) in [5, 5.41) is 0. The summed E-state index contributed by atoms with van der Waals surface area (Å²) in [6.45, 7) is 4.42. The van der Waals surface area contributed by atoms with E-state index in [4.69, 9.17) is 9.47 Å². The van der Waals surface area contributed by atoms with Gasteiger partial charge in [-0.25, -0.2) is 0 Å². The molecule has 1 amide bonds. The zero-order valence-electron chi connectivity index (χ0n) is 11.3. The van der Waals surface area contributed by atoms with Gasteiger partial charge in [0.15, 0.2) is 11.5 Å². The number of carbonyl (C=O) groups is 1. The molecule has 18 heavy (non-hydrogen) atoms. The van der Waals surface area contributed by atoms with Crippen molar-refractivity contribution >= 4 is 5.91 Å². The maximum Gasteiger partial charge on any atom is 0.219 e. The highest BCUT2D eigenvalue weighted by atomic mass is 16.5. The molecule has 0 aromatic heterocycles. The van der Waals surface area contributed by atoms with Crippen molar-refractivity contribution in [2.45, 2.75) is 26.3 Å². The van der Waals surface area contributed by atoms with Crippen molar-refractivity contribution in [3.63, 3.8) is 0 Å². The van der Waals surface area contributed by atoms with Crippen LogP contribution in [0.3, 0.4) is 0 Å². The van der Waals surface area contributed by atoms with E-state index in [0.717, 1.165) is 24.3 Å². The lowest BCUT2D eigenvalue weighted by Crippen LogP contribution is -2.37. The molecule has 1 aromatic rings. The zero-order chi connectivity index (χ0) is 13.3. The largest absolute Gasteiger partial charge is 0.493 e. The van der Waals surface area contributed by atoms with Gasteiger partial charge < -0.3 is 14.4 Å². The molecule has 0 fully saturated rings. The van der Waals surface area contributed by atoms with E-state index in [9.17, 15) is 4.79 Å². The minimum atomic E-state index is 0.0889. The predicted molar refractivity (Wildman–Crippen MR) is 69.1 cm³/mol. The highest BCUT2D eigenvalue weighted by molar-refractivity contribution is 5.74. The fourth-order valence-electron chi connectivity index (χ4n) is 2.57. The van der Waals surface area contributed by atoms with Crippen LogP contribution in [0.15, 0.2) is 12.1 Å². The quantitative estimate of drug-likeness (QED) is 0.806. The van der Waals surface area contributed by atoms with Crippen LogP contribution >= 0.6 is 0 Å². The monoisotopic (exact) mass is 249 g/mol. The maximum absolute atomic E-state index is 11.6. The second-order valence-corrected chi connectivity index (χ2v) is 4.54. The minimum Gasteiger partial charge on any atom is -0.493 e. The van der Waals surface area contributed by atoms with E-state index < -0.39 is 0 Å². The van der Waals surface area contributed by atoms with Crippen molar-refractivity contribution in [2.24, 2.45) is 0 Å². The van der Waals surface area contributed by atoms with Gasteiger partial charge in [-0.15, -0.1) is 0 Å². The normalized spacial score (nSPS) is 18.2. The van der Waals surface area contributed by atoms with Gasteiger partial charge in [0, 0.05) is 13.5 Å². The summed E-state index contributed by atoms with van der Waals surface area (Å²) < 4.78 is 10.6. The molecular formula is C14H19NO3. The van der Waals surface area contributed by atoms with Gasteiger partial charge in [-0.05, 0) is 36.6 Å². The summed E-state index contributed by atoms with van der Waals surface area (Å²) in [6.07, 6.45) is 0.861. The minimum absolute atomic E-state index is 0.0889. The molecule has 98 valence electrons. The number of carbonyl (C=O) groups excluding carboxylic acids is 1. The van der Waals surface area contributed by atoms with Crippen LogP contribution in [0.4, 0.5) is 0 Å². The van der Waals surface area contributed by atoms with Crippen LogP contribution in [0.5, 0.6) is 11.5 Å². The van der Waals surface area contributed by atoms with Gasteiger partial charge in [0.25, 0.3) is 0 Å². The first kappa shape index (κ1) is 12.7. The predicted octanol–water partition coefficient (Wildman–Crippen LogP) is 2.17. The van der Waals surface area contributed by atoms with E-state index in [1.54, 1.807) is 21.1 Å². The average Bonchev–Trinajstić information content (AvgIpc) is 2.37. The van der Waals surface area contributed by atoms with E-state index in [1.807, 2.05) is 24.0 Å². The Morgan fingerprint density at radius 3 is 2.44 bits per heavy atom. The Kier molecular flexibility index (Phi) is 3.45. The summed E-state index contributed by atoms with van der Waals surface area (Å²) in [5.41, 5.74) is 2.38. The van der Waals surface area contributed by atoms with Crippen molar-refractivity contribution in [1.82, 2.24) is 4.90 Å². The molecule has 0 saturated carbocycles. The summed E-state index contributed by atoms with van der Waals surface area (Å²) in [4.78, 5) is 13.4. The average molecular weight is 249 g/mol. The van der Waals surface area contributed by atoms with Crippen LogP contribution in [0.1, 0.15) is 31.0 Å². The summed E-state index contributed by atoms with van der Waals surface area (Å²) >= 11 is 0. The molecule has 0 radical (unpaired) electrons. The standard InChI is InChI=1S/C14H19NO3/c1-9-12-8-14(18-4)13(17-3)7-11(12)5-6-15(9)10(2)16/h7-9H,5-6H2,1-4H3/t9-/m1/s1. The number of fused-ring (bicyclic) bond motifs is 1. The Bertz CT molecular complexity index is 470. The molecule has 0 bridgehead atoms. The molecule has 1 heterocycles. The van der Waals surface area contributed by atoms with Crippen molar-refractivity contribution < 1.29 is 14.3 Å². The molecular weight excluding hydrogens is 230 g/mol. The number of ether oxygens (including phenoxy) is 2. The molecule has 2 rings (SSSR count). The van der Waals surface area contributed by atoms with Gasteiger partial charge in [-0.3, -0.25) is 4.79 Å². The Hall–Kier alpha value is -1.71. The van der Waals surface area contributed by atoms with E-state index in [2.05, 4.69) is 0 Å². The first-order chi connectivity index (χ1) is 8.58. The topological polar surface area (TPSA) is 38.8 Å². The van der Waals surface area contributed by atoms with Crippen LogP contribution in [0.2, 0.25) is 0 Å². The smallest absolute Gasteiger partial charge is 0.219 e. The van der Waals surface area contributed by atoms with Gasteiger partial charge in [0.1, 0.15) is 0 Å². The van der Waals surface area contributed by atoms with E-state index >= 15 is 0 Å².